The Hall–Kier alpha value is -1.10. The van der Waals surface area contributed by atoms with Crippen LogP contribution < -0.4 is 10.5 Å². The SMILES string of the molecule is NC(CCc1ccc2c(c1)CCO2)C1COCCO1. The van der Waals surface area contributed by atoms with Gasteiger partial charge >= 0.3 is 0 Å². The van der Waals surface area contributed by atoms with Crippen LogP contribution in [0.25, 0.3) is 0 Å². The van der Waals surface area contributed by atoms with Gasteiger partial charge in [-0.05, 0) is 30.0 Å². The van der Waals surface area contributed by atoms with E-state index in [2.05, 4.69) is 18.2 Å². The molecular formula is C15H21NO3. The van der Waals surface area contributed by atoms with E-state index in [-0.39, 0.29) is 12.1 Å². The third kappa shape index (κ3) is 3.08. The molecule has 2 atom stereocenters. The minimum absolute atomic E-state index is 0.0461. The van der Waals surface area contributed by atoms with E-state index in [0.29, 0.717) is 19.8 Å². The van der Waals surface area contributed by atoms with Crippen molar-refractivity contribution in [3.63, 3.8) is 0 Å². The summed E-state index contributed by atoms with van der Waals surface area (Å²) in [6, 6.07) is 6.50. The normalized spacial score (nSPS) is 23.7. The molecule has 1 fully saturated rings. The van der Waals surface area contributed by atoms with Crippen molar-refractivity contribution in [1.29, 1.82) is 0 Å². The lowest BCUT2D eigenvalue weighted by atomic mass is 10.00. The van der Waals surface area contributed by atoms with Crippen molar-refractivity contribution in [2.45, 2.75) is 31.4 Å². The van der Waals surface area contributed by atoms with Gasteiger partial charge < -0.3 is 19.9 Å². The Balaban J connectivity index is 1.53. The van der Waals surface area contributed by atoms with Gasteiger partial charge in [-0.25, -0.2) is 0 Å². The van der Waals surface area contributed by atoms with Crippen LogP contribution in [-0.2, 0) is 22.3 Å². The summed E-state index contributed by atoms with van der Waals surface area (Å²) < 4.78 is 16.5. The van der Waals surface area contributed by atoms with Crippen LogP contribution in [0.4, 0.5) is 0 Å². The average Bonchev–Trinajstić information content (AvgIpc) is 2.93. The summed E-state index contributed by atoms with van der Waals surface area (Å²) in [6.07, 6.45) is 2.98. The average molecular weight is 263 g/mol. The number of benzene rings is 1. The van der Waals surface area contributed by atoms with Crippen molar-refractivity contribution in [2.24, 2.45) is 5.73 Å². The molecule has 0 aliphatic carbocycles. The molecule has 0 radical (unpaired) electrons. The number of fused-ring (bicyclic) bond motifs is 1. The van der Waals surface area contributed by atoms with Gasteiger partial charge in [-0.2, -0.15) is 0 Å². The van der Waals surface area contributed by atoms with Crippen molar-refractivity contribution in [3.05, 3.63) is 29.3 Å². The van der Waals surface area contributed by atoms with Crippen LogP contribution in [0.15, 0.2) is 18.2 Å². The second kappa shape index (κ2) is 5.90. The third-order valence-corrected chi connectivity index (χ3v) is 3.84. The maximum atomic E-state index is 6.18. The smallest absolute Gasteiger partial charge is 0.122 e. The number of aryl methyl sites for hydroxylation is 1. The second-order valence-electron chi connectivity index (χ2n) is 5.23. The molecule has 2 unspecified atom stereocenters. The highest BCUT2D eigenvalue weighted by Crippen LogP contribution is 2.26. The number of nitrogens with two attached hydrogens (primary N) is 1. The van der Waals surface area contributed by atoms with E-state index >= 15 is 0 Å². The minimum atomic E-state index is 0.0461. The van der Waals surface area contributed by atoms with Gasteiger partial charge in [0.05, 0.1) is 32.5 Å². The Morgan fingerprint density at radius 1 is 1.26 bits per heavy atom. The molecule has 3 rings (SSSR count). The van der Waals surface area contributed by atoms with Crippen LogP contribution in [0.5, 0.6) is 5.75 Å². The summed E-state index contributed by atoms with van der Waals surface area (Å²) in [4.78, 5) is 0. The number of ether oxygens (including phenoxy) is 3. The van der Waals surface area contributed by atoms with Gasteiger partial charge in [-0.1, -0.05) is 12.1 Å². The molecule has 0 amide bonds. The molecule has 2 heterocycles. The third-order valence-electron chi connectivity index (χ3n) is 3.84. The summed E-state index contributed by atoms with van der Waals surface area (Å²) >= 11 is 0. The van der Waals surface area contributed by atoms with Crippen LogP contribution in [0.2, 0.25) is 0 Å². The Morgan fingerprint density at radius 2 is 2.21 bits per heavy atom. The lowest BCUT2D eigenvalue weighted by Gasteiger charge is -2.28. The topological polar surface area (TPSA) is 53.7 Å². The van der Waals surface area contributed by atoms with E-state index in [1.54, 1.807) is 0 Å². The molecule has 1 aromatic carbocycles. The first kappa shape index (κ1) is 12.9. The molecule has 0 aromatic heterocycles. The fourth-order valence-electron chi connectivity index (χ4n) is 2.67. The molecule has 1 aromatic rings. The molecule has 4 heteroatoms. The van der Waals surface area contributed by atoms with Gasteiger partial charge in [0, 0.05) is 12.5 Å². The number of hydrogen-bond acceptors (Lipinski definition) is 4. The minimum Gasteiger partial charge on any atom is -0.493 e. The van der Waals surface area contributed by atoms with Crippen LogP contribution in [-0.4, -0.2) is 38.6 Å². The predicted molar refractivity (Wildman–Crippen MR) is 72.5 cm³/mol. The zero-order valence-corrected chi connectivity index (χ0v) is 11.1. The van der Waals surface area contributed by atoms with Crippen LogP contribution >= 0.6 is 0 Å². The first-order valence-electron chi connectivity index (χ1n) is 7.02. The Labute approximate surface area is 113 Å². The van der Waals surface area contributed by atoms with Crippen molar-refractivity contribution in [2.75, 3.05) is 26.4 Å². The molecule has 2 aliphatic heterocycles. The summed E-state index contributed by atoms with van der Waals surface area (Å²) in [5.74, 6) is 1.04. The van der Waals surface area contributed by atoms with Crippen molar-refractivity contribution < 1.29 is 14.2 Å². The van der Waals surface area contributed by atoms with Gasteiger partial charge in [0.25, 0.3) is 0 Å². The first-order valence-corrected chi connectivity index (χ1v) is 7.02. The monoisotopic (exact) mass is 263 g/mol. The standard InChI is InChI=1S/C15H21NO3/c16-13(15-10-17-7-8-19-15)3-1-11-2-4-14-12(9-11)5-6-18-14/h2,4,9,13,15H,1,3,5-8,10,16H2. The number of rotatable bonds is 4. The zero-order chi connectivity index (χ0) is 13.1. The van der Waals surface area contributed by atoms with Crippen LogP contribution in [0.3, 0.4) is 0 Å². The van der Waals surface area contributed by atoms with E-state index in [1.807, 2.05) is 0 Å². The molecule has 19 heavy (non-hydrogen) atoms. The maximum absolute atomic E-state index is 6.18. The lowest BCUT2D eigenvalue weighted by Crippen LogP contribution is -2.43. The van der Waals surface area contributed by atoms with E-state index < -0.39 is 0 Å². The zero-order valence-electron chi connectivity index (χ0n) is 11.1. The molecule has 104 valence electrons. The van der Waals surface area contributed by atoms with E-state index in [0.717, 1.165) is 31.6 Å². The molecule has 4 nitrogen and oxygen atoms in total. The second-order valence-corrected chi connectivity index (χ2v) is 5.23. The van der Waals surface area contributed by atoms with Gasteiger partial charge in [-0.3, -0.25) is 0 Å². The molecule has 2 aliphatic rings. The molecule has 0 bridgehead atoms. The Morgan fingerprint density at radius 3 is 3.05 bits per heavy atom. The van der Waals surface area contributed by atoms with Crippen molar-refractivity contribution >= 4 is 0 Å². The van der Waals surface area contributed by atoms with Gasteiger partial charge in [-0.15, -0.1) is 0 Å². The molecular weight excluding hydrogens is 242 g/mol. The first-order chi connectivity index (χ1) is 9.33. The fraction of sp³-hybridized carbons (Fsp3) is 0.600. The Bertz CT molecular complexity index is 429. The van der Waals surface area contributed by atoms with Gasteiger partial charge in [0.1, 0.15) is 5.75 Å². The molecule has 0 saturated carbocycles. The molecule has 2 N–H and O–H groups in total. The highest BCUT2D eigenvalue weighted by molar-refractivity contribution is 5.39. The summed E-state index contributed by atoms with van der Waals surface area (Å²) in [6.45, 7) is 2.79. The van der Waals surface area contributed by atoms with E-state index in [1.165, 1.54) is 11.1 Å². The van der Waals surface area contributed by atoms with E-state index in [4.69, 9.17) is 19.9 Å². The summed E-state index contributed by atoms with van der Waals surface area (Å²) in [7, 11) is 0. The van der Waals surface area contributed by atoms with Gasteiger partial charge in [0.2, 0.25) is 0 Å². The van der Waals surface area contributed by atoms with Gasteiger partial charge in [0.15, 0.2) is 0 Å². The fourth-order valence-corrected chi connectivity index (χ4v) is 2.67. The summed E-state index contributed by atoms with van der Waals surface area (Å²) in [5.41, 5.74) is 8.83. The largest absolute Gasteiger partial charge is 0.493 e. The van der Waals surface area contributed by atoms with Crippen LogP contribution in [0.1, 0.15) is 17.5 Å². The van der Waals surface area contributed by atoms with Crippen molar-refractivity contribution in [3.8, 4) is 5.75 Å². The highest BCUT2D eigenvalue weighted by Gasteiger charge is 2.22. The highest BCUT2D eigenvalue weighted by atomic mass is 16.6. The predicted octanol–water partition coefficient (Wildman–Crippen LogP) is 1.30. The maximum Gasteiger partial charge on any atom is 0.122 e. The number of hydrogen-bond donors (Lipinski definition) is 1. The quantitative estimate of drug-likeness (QED) is 0.889. The Kier molecular flexibility index (Phi) is 4.01. The van der Waals surface area contributed by atoms with Crippen LogP contribution in [0, 0.1) is 0 Å². The lowest BCUT2D eigenvalue weighted by molar-refractivity contribution is -0.0975. The molecule has 0 spiro atoms. The molecule has 1 saturated heterocycles. The van der Waals surface area contributed by atoms with E-state index in [9.17, 15) is 0 Å². The summed E-state index contributed by atoms with van der Waals surface area (Å²) in [5, 5.41) is 0. The van der Waals surface area contributed by atoms with Crippen molar-refractivity contribution in [1.82, 2.24) is 0 Å².